The second-order valence-electron chi connectivity index (χ2n) is 6.23. The summed E-state index contributed by atoms with van der Waals surface area (Å²) in [7, 11) is 0. The van der Waals surface area contributed by atoms with Crippen LogP contribution in [0.4, 0.5) is 0 Å². The largest absolute Gasteiger partial charge is 0.341 e. The lowest BCUT2D eigenvalue weighted by Crippen LogP contribution is -2.35. The monoisotopic (exact) mass is 316 g/mol. The van der Waals surface area contributed by atoms with Crippen molar-refractivity contribution in [3.8, 4) is 0 Å². The van der Waals surface area contributed by atoms with Crippen LogP contribution in [0.3, 0.4) is 0 Å². The number of rotatable bonds is 4. The molecule has 0 saturated carbocycles. The smallest absolute Gasteiger partial charge is 0.271 e. The first-order chi connectivity index (χ1) is 11.1. The van der Waals surface area contributed by atoms with Crippen LogP contribution in [-0.2, 0) is 6.54 Å². The highest BCUT2D eigenvalue weighted by molar-refractivity contribution is 5.92. The van der Waals surface area contributed by atoms with Gasteiger partial charge in [-0.3, -0.25) is 9.69 Å². The van der Waals surface area contributed by atoms with Crippen LogP contribution in [0.15, 0.2) is 24.9 Å². The van der Waals surface area contributed by atoms with Gasteiger partial charge in [0.2, 0.25) is 0 Å². The topological polar surface area (TPSA) is 70.1 Å². The maximum Gasteiger partial charge on any atom is 0.271 e. The first kappa shape index (κ1) is 15.7. The van der Waals surface area contributed by atoms with E-state index in [1.54, 1.807) is 12.5 Å². The van der Waals surface area contributed by atoms with Crippen LogP contribution in [0.2, 0.25) is 0 Å². The number of carbonyl (C=O) groups is 1. The van der Waals surface area contributed by atoms with E-state index in [4.69, 9.17) is 0 Å². The van der Waals surface area contributed by atoms with Crippen molar-refractivity contribution in [2.24, 2.45) is 0 Å². The standard InChI is InChI=1S/C16H24N6O/c1-13(2)22-7-4-18-15(22)11-20-5-3-6-21(9-8-20)16(23)14-10-17-12-19-14/h4,7,10,12-13H,3,5-6,8-9,11H2,1-2H3,(H,17,19). The van der Waals surface area contributed by atoms with E-state index >= 15 is 0 Å². The van der Waals surface area contributed by atoms with Crippen molar-refractivity contribution < 1.29 is 4.79 Å². The Morgan fingerprint density at radius 2 is 2.17 bits per heavy atom. The summed E-state index contributed by atoms with van der Waals surface area (Å²) in [6.45, 7) is 8.53. The molecule has 2 aromatic rings. The lowest BCUT2D eigenvalue weighted by atomic mass is 10.3. The summed E-state index contributed by atoms with van der Waals surface area (Å²) >= 11 is 0. The second kappa shape index (κ2) is 6.95. The number of aromatic amines is 1. The summed E-state index contributed by atoms with van der Waals surface area (Å²) in [5.74, 6) is 1.13. The van der Waals surface area contributed by atoms with Gasteiger partial charge in [-0.1, -0.05) is 0 Å². The molecule has 0 radical (unpaired) electrons. The summed E-state index contributed by atoms with van der Waals surface area (Å²) in [5.41, 5.74) is 0.564. The van der Waals surface area contributed by atoms with Gasteiger partial charge in [0.05, 0.1) is 19.1 Å². The molecule has 2 aromatic heterocycles. The first-order valence-corrected chi connectivity index (χ1v) is 8.17. The lowest BCUT2D eigenvalue weighted by molar-refractivity contribution is 0.0755. The molecule has 1 saturated heterocycles. The maximum atomic E-state index is 12.4. The molecule has 7 heteroatoms. The van der Waals surface area contributed by atoms with Crippen LogP contribution in [0.5, 0.6) is 0 Å². The molecule has 0 spiro atoms. The van der Waals surface area contributed by atoms with Crippen LogP contribution in [-0.4, -0.2) is 61.4 Å². The third-order valence-corrected chi connectivity index (χ3v) is 4.27. The number of aromatic nitrogens is 4. The molecule has 1 fully saturated rings. The van der Waals surface area contributed by atoms with Crippen LogP contribution in [0.1, 0.15) is 42.6 Å². The molecular formula is C16H24N6O. The van der Waals surface area contributed by atoms with E-state index in [0.717, 1.165) is 45.0 Å². The van der Waals surface area contributed by atoms with E-state index in [1.807, 2.05) is 17.3 Å². The summed E-state index contributed by atoms with van der Waals surface area (Å²) in [4.78, 5) is 28.0. The SMILES string of the molecule is CC(C)n1ccnc1CN1CCCN(C(=O)c2cnc[nH]2)CC1. The van der Waals surface area contributed by atoms with E-state index in [9.17, 15) is 4.79 Å². The van der Waals surface area contributed by atoms with Gasteiger partial charge in [0.1, 0.15) is 11.5 Å². The molecule has 3 heterocycles. The minimum absolute atomic E-state index is 0.0352. The molecule has 124 valence electrons. The quantitative estimate of drug-likeness (QED) is 0.929. The average molecular weight is 316 g/mol. The Bertz CT molecular complexity index is 633. The van der Waals surface area contributed by atoms with Crippen molar-refractivity contribution in [1.29, 1.82) is 0 Å². The van der Waals surface area contributed by atoms with Gasteiger partial charge in [0.15, 0.2) is 0 Å². The highest BCUT2D eigenvalue weighted by Gasteiger charge is 2.22. The van der Waals surface area contributed by atoms with Crippen molar-refractivity contribution in [3.63, 3.8) is 0 Å². The Balaban J connectivity index is 1.60. The predicted molar refractivity (Wildman–Crippen MR) is 87.0 cm³/mol. The van der Waals surface area contributed by atoms with E-state index in [2.05, 4.69) is 38.3 Å². The molecule has 1 aliphatic rings. The molecule has 1 N–H and O–H groups in total. The first-order valence-electron chi connectivity index (χ1n) is 8.17. The van der Waals surface area contributed by atoms with Gasteiger partial charge in [-0.25, -0.2) is 9.97 Å². The molecule has 7 nitrogen and oxygen atoms in total. The van der Waals surface area contributed by atoms with Gasteiger partial charge in [0.25, 0.3) is 5.91 Å². The molecule has 1 amide bonds. The fourth-order valence-electron chi connectivity index (χ4n) is 3.01. The predicted octanol–water partition coefficient (Wildman–Crippen LogP) is 1.54. The Morgan fingerprint density at radius 3 is 2.91 bits per heavy atom. The summed E-state index contributed by atoms with van der Waals surface area (Å²) in [6.07, 6.45) is 8.00. The molecule has 23 heavy (non-hydrogen) atoms. The fourth-order valence-corrected chi connectivity index (χ4v) is 3.01. The number of amides is 1. The number of nitrogens with zero attached hydrogens (tertiary/aromatic N) is 5. The Kier molecular flexibility index (Phi) is 4.76. The molecule has 0 atom stereocenters. The lowest BCUT2D eigenvalue weighted by Gasteiger charge is -2.22. The fraction of sp³-hybridized carbons (Fsp3) is 0.562. The Hall–Kier alpha value is -2.15. The number of H-pyrrole nitrogens is 1. The van der Waals surface area contributed by atoms with Gasteiger partial charge in [-0.05, 0) is 20.3 Å². The minimum atomic E-state index is 0.0352. The minimum Gasteiger partial charge on any atom is -0.341 e. The van der Waals surface area contributed by atoms with E-state index in [0.29, 0.717) is 11.7 Å². The molecule has 0 bridgehead atoms. The van der Waals surface area contributed by atoms with E-state index < -0.39 is 0 Å². The number of imidazole rings is 2. The average Bonchev–Trinajstić information content (AvgIpc) is 3.16. The summed E-state index contributed by atoms with van der Waals surface area (Å²) < 4.78 is 2.21. The van der Waals surface area contributed by atoms with Crippen LogP contribution in [0.25, 0.3) is 0 Å². The van der Waals surface area contributed by atoms with Crippen molar-refractivity contribution in [2.75, 3.05) is 26.2 Å². The zero-order chi connectivity index (χ0) is 16.2. The number of hydrogen-bond acceptors (Lipinski definition) is 4. The van der Waals surface area contributed by atoms with E-state index in [1.165, 1.54) is 0 Å². The molecule has 1 aliphatic heterocycles. The highest BCUT2D eigenvalue weighted by atomic mass is 16.2. The van der Waals surface area contributed by atoms with Crippen molar-refractivity contribution >= 4 is 5.91 Å². The Labute approximate surface area is 136 Å². The molecule has 3 rings (SSSR count). The highest BCUT2D eigenvalue weighted by Crippen LogP contribution is 2.13. The van der Waals surface area contributed by atoms with Gasteiger partial charge in [0, 0.05) is 44.6 Å². The number of nitrogens with one attached hydrogen (secondary N) is 1. The molecule has 0 aliphatic carbocycles. The zero-order valence-electron chi connectivity index (χ0n) is 13.8. The van der Waals surface area contributed by atoms with Gasteiger partial charge in [-0.15, -0.1) is 0 Å². The van der Waals surface area contributed by atoms with Crippen molar-refractivity contribution in [2.45, 2.75) is 32.9 Å². The number of hydrogen-bond donors (Lipinski definition) is 1. The summed E-state index contributed by atoms with van der Waals surface area (Å²) in [6, 6.07) is 0.415. The molecule has 0 aromatic carbocycles. The van der Waals surface area contributed by atoms with Crippen molar-refractivity contribution in [1.82, 2.24) is 29.3 Å². The van der Waals surface area contributed by atoms with Crippen LogP contribution >= 0.6 is 0 Å². The maximum absolute atomic E-state index is 12.4. The van der Waals surface area contributed by atoms with Crippen LogP contribution < -0.4 is 0 Å². The normalized spacial score (nSPS) is 16.7. The summed E-state index contributed by atoms with van der Waals surface area (Å²) in [5, 5.41) is 0. The van der Waals surface area contributed by atoms with Gasteiger partial charge >= 0.3 is 0 Å². The zero-order valence-corrected chi connectivity index (χ0v) is 13.8. The third-order valence-electron chi connectivity index (χ3n) is 4.27. The molecular weight excluding hydrogens is 292 g/mol. The molecule has 0 unspecified atom stereocenters. The van der Waals surface area contributed by atoms with Crippen molar-refractivity contribution in [3.05, 3.63) is 36.4 Å². The third kappa shape index (κ3) is 3.61. The van der Waals surface area contributed by atoms with Crippen LogP contribution in [0, 0.1) is 0 Å². The Morgan fingerprint density at radius 1 is 1.30 bits per heavy atom. The van der Waals surface area contributed by atoms with Gasteiger partial charge < -0.3 is 14.5 Å². The number of carbonyl (C=O) groups excluding carboxylic acids is 1. The van der Waals surface area contributed by atoms with Gasteiger partial charge in [-0.2, -0.15) is 0 Å². The van der Waals surface area contributed by atoms with E-state index in [-0.39, 0.29) is 5.91 Å². The second-order valence-corrected chi connectivity index (χ2v) is 6.23.